The molecule has 0 unspecified atom stereocenters. The van der Waals surface area contributed by atoms with Crippen LogP contribution in [0, 0.1) is 0 Å². The number of ether oxygens (including phenoxy) is 3. The van der Waals surface area contributed by atoms with Crippen molar-refractivity contribution in [2.45, 2.75) is 13.2 Å². The standard InChI is InChI=1S/C27H22O4/c28-27(30-20-22-13-5-2-6-14-22)23-15-7-8-16-24(23)31-26-18-10-9-17-25(26)29-19-21-11-3-1-4-12-21/h1-18H,19-20H2. The summed E-state index contributed by atoms with van der Waals surface area (Å²) in [6.45, 7) is 0.618. The number of benzene rings is 4. The van der Waals surface area contributed by atoms with Gasteiger partial charge in [0.15, 0.2) is 11.5 Å². The molecule has 0 amide bonds. The molecule has 0 bridgehead atoms. The van der Waals surface area contributed by atoms with Crippen LogP contribution in [-0.2, 0) is 18.0 Å². The molecule has 0 aliphatic carbocycles. The molecule has 4 heteroatoms. The summed E-state index contributed by atoms with van der Waals surface area (Å²) in [6, 6.07) is 33.9. The van der Waals surface area contributed by atoms with Crippen LogP contribution in [0.2, 0.25) is 0 Å². The largest absolute Gasteiger partial charge is 0.485 e. The Morgan fingerprint density at radius 1 is 0.548 bits per heavy atom. The number of rotatable bonds is 8. The maximum absolute atomic E-state index is 12.7. The van der Waals surface area contributed by atoms with Gasteiger partial charge in [-0.15, -0.1) is 0 Å². The Bertz CT molecular complexity index is 1120. The van der Waals surface area contributed by atoms with Gasteiger partial charge in [0.25, 0.3) is 0 Å². The van der Waals surface area contributed by atoms with Gasteiger partial charge in [0.1, 0.15) is 24.5 Å². The molecule has 4 rings (SSSR count). The number of carbonyl (C=O) groups is 1. The summed E-state index contributed by atoms with van der Waals surface area (Å²) >= 11 is 0. The van der Waals surface area contributed by atoms with Crippen molar-refractivity contribution in [2.75, 3.05) is 0 Å². The molecule has 0 N–H and O–H groups in total. The minimum absolute atomic E-state index is 0.199. The third-order valence-electron chi connectivity index (χ3n) is 4.63. The van der Waals surface area contributed by atoms with Crippen molar-refractivity contribution in [3.8, 4) is 17.2 Å². The third kappa shape index (κ3) is 5.52. The molecule has 0 saturated carbocycles. The maximum Gasteiger partial charge on any atom is 0.342 e. The summed E-state index contributed by atoms with van der Waals surface area (Å²) in [5, 5.41) is 0. The van der Waals surface area contributed by atoms with Gasteiger partial charge < -0.3 is 14.2 Å². The van der Waals surface area contributed by atoms with Gasteiger partial charge >= 0.3 is 5.97 Å². The van der Waals surface area contributed by atoms with E-state index in [9.17, 15) is 4.79 Å². The maximum atomic E-state index is 12.7. The van der Waals surface area contributed by atoms with Crippen LogP contribution in [0.5, 0.6) is 17.2 Å². The molecular weight excluding hydrogens is 388 g/mol. The van der Waals surface area contributed by atoms with Crippen molar-refractivity contribution < 1.29 is 19.0 Å². The van der Waals surface area contributed by atoms with E-state index in [0.717, 1.165) is 11.1 Å². The van der Waals surface area contributed by atoms with Crippen LogP contribution in [0.1, 0.15) is 21.5 Å². The highest BCUT2D eigenvalue weighted by molar-refractivity contribution is 5.92. The van der Waals surface area contributed by atoms with Gasteiger partial charge in [-0.05, 0) is 35.4 Å². The van der Waals surface area contributed by atoms with Crippen LogP contribution < -0.4 is 9.47 Å². The zero-order chi connectivity index (χ0) is 21.3. The Labute approximate surface area is 181 Å². The molecule has 4 aromatic rings. The average molecular weight is 410 g/mol. The minimum atomic E-state index is -0.442. The van der Waals surface area contributed by atoms with Crippen LogP contribution in [0.3, 0.4) is 0 Å². The Balaban J connectivity index is 1.48. The minimum Gasteiger partial charge on any atom is -0.485 e. The number of hydrogen-bond acceptors (Lipinski definition) is 4. The van der Waals surface area contributed by atoms with Gasteiger partial charge in [-0.25, -0.2) is 4.79 Å². The molecule has 0 aliphatic rings. The smallest absolute Gasteiger partial charge is 0.342 e. The van der Waals surface area contributed by atoms with Crippen LogP contribution in [-0.4, -0.2) is 5.97 Å². The molecule has 0 fully saturated rings. The van der Waals surface area contributed by atoms with Crippen molar-refractivity contribution in [1.82, 2.24) is 0 Å². The highest BCUT2D eigenvalue weighted by Crippen LogP contribution is 2.33. The van der Waals surface area contributed by atoms with E-state index < -0.39 is 5.97 Å². The topological polar surface area (TPSA) is 44.8 Å². The van der Waals surface area contributed by atoms with E-state index in [-0.39, 0.29) is 6.61 Å². The zero-order valence-electron chi connectivity index (χ0n) is 16.9. The van der Waals surface area contributed by atoms with Crippen molar-refractivity contribution in [3.63, 3.8) is 0 Å². The lowest BCUT2D eigenvalue weighted by molar-refractivity contribution is 0.0469. The molecule has 154 valence electrons. The second kappa shape index (κ2) is 10.1. The van der Waals surface area contributed by atoms with Gasteiger partial charge in [0.05, 0.1) is 0 Å². The van der Waals surface area contributed by atoms with Crippen molar-refractivity contribution >= 4 is 5.97 Å². The number of para-hydroxylation sites is 3. The Morgan fingerprint density at radius 3 is 1.74 bits per heavy atom. The monoisotopic (exact) mass is 410 g/mol. The van der Waals surface area contributed by atoms with E-state index in [2.05, 4.69) is 0 Å². The van der Waals surface area contributed by atoms with Crippen molar-refractivity contribution in [1.29, 1.82) is 0 Å². The number of esters is 1. The SMILES string of the molecule is O=C(OCc1ccccc1)c1ccccc1Oc1ccccc1OCc1ccccc1. The van der Waals surface area contributed by atoms with Crippen LogP contribution >= 0.6 is 0 Å². The lowest BCUT2D eigenvalue weighted by Crippen LogP contribution is -2.07. The summed E-state index contributed by atoms with van der Waals surface area (Å²) in [7, 11) is 0. The van der Waals surface area contributed by atoms with Gasteiger partial charge in [-0.2, -0.15) is 0 Å². The Kier molecular flexibility index (Phi) is 6.61. The van der Waals surface area contributed by atoms with Crippen LogP contribution in [0.25, 0.3) is 0 Å². The van der Waals surface area contributed by atoms with Crippen molar-refractivity contribution in [2.24, 2.45) is 0 Å². The van der Waals surface area contributed by atoms with E-state index >= 15 is 0 Å². The molecule has 0 heterocycles. The molecule has 0 radical (unpaired) electrons. The normalized spacial score (nSPS) is 10.3. The first-order valence-corrected chi connectivity index (χ1v) is 10.0. The Hall–Kier alpha value is -4.05. The van der Waals surface area contributed by atoms with Gasteiger partial charge in [0.2, 0.25) is 0 Å². The quantitative estimate of drug-likeness (QED) is 0.315. The molecule has 4 nitrogen and oxygen atoms in total. The van der Waals surface area contributed by atoms with E-state index in [4.69, 9.17) is 14.2 Å². The van der Waals surface area contributed by atoms with Crippen molar-refractivity contribution in [3.05, 3.63) is 126 Å². The summed E-state index contributed by atoms with van der Waals surface area (Å²) in [6.07, 6.45) is 0. The first kappa shape index (κ1) is 20.2. The van der Waals surface area contributed by atoms with Gasteiger partial charge in [0, 0.05) is 0 Å². The fraction of sp³-hybridized carbons (Fsp3) is 0.0741. The molecule has 0 aromatic heterocycles. The van der Waals surface area contributed by atoms with E-state index in [1.54, 1.807) is 18.2 Å². The molecule has 4 aromatic carbocycles. The van der Waals surface area contributed by atoms with Crippen LogP contribution in [0.4, 0.5) is 0 Å². The molecular formula is C27H22O4. The summed E-state index contributed by atoms with van der Waals surface area (Å²) < 4.78 is 17.5. The number of hydrogen-bond donors (Lipinski definition) is 0. The van der Waals surface area contributed by atoms with Crippen LogP contribution in [0.15, 0.2) is 109 Å². The zero-order valence-corrected chi connectivity index (χ0v) is 16.9. The van der Waals surface area contributed by atoms with Gasteiger partial charge in [-0.1, -0.05) is 84.9 Å². The van der Waals surface area contributed by atoms with Gasteiger partial charge in [-0.3, -0.25) is 0 Å². The lowest BCUT2D eigenvalue weighted by atomic mass is 10.2. The number of carbonyl (C=O) groups excluding carboxylic acids is 1. The second-order valence-electron chi connectivity index (χ2n) is 6.88. The Morgan fingerprint density at radius 2 is 1.06 bits per heavy atom. The lowest BCUT2D eigenvalue weighted by Gasteiger charge is -2.14. The average Bonchev–Trinajstić information content (AvgIpc) is 2.84. The predicted octanol–water partition coefficient (Wildman–Crippen LogP) is 6.41. The molecule has 0 atom stereocenters. The molecule has 31 heavy (non-hydrogen) atoms. The molecule has 0 saturated heterocycles. The summed E-state index contributed by atoms with van der Waals surface area (Å²) in [5.41, 5.74) is 2.34. The highest BCUT2D eigenvalue weighted by Gasteiger charge is 2.16. The first-order chi connectivity index (χ1) is 15.3. The predicted molar refractivity (Wildman–Crippen MR) is 119 cm³/mol. The second-order valence-corrected chi connectivity index (χ2v) is 6.88. The molecule has 0 spiro atoms. The van der Waals surface area contributed by atoms with E-state index in [1.165, 1.54) is 0 Å². The fourth-order valence-electron chi connectivity index (χ4n) is 3.03. The summed E-state index contributed by atoms with van der Waals surface area (Å²) in [4.78, 5) is 12.7. The molecule has 0 aliphatic heterocycles. The summed E-state index contributed by atoms with van der Waals surface area (Å²) in [5.74, 6) is 1.10. The third-order valence-corrected chi connectivity index (χ3v) is 4.63. The van der Waals surface area contributed by atoms with E-state index in [1.807, 2.05) is 91.0 Å². The van der Waals surface area contributed by atoms with E-state index in [0.29, 0.717) is 29.4 Å². The fourth-order valence-corrected chi connectivity index (χ4v) is 3.03. The highest BCUT2D eigenvalue weighted by atomic mass is 16.5. The first-order valence-electron chi connectivity index (χ1n) is 10.0.